The predicted molar refractivity (Wildman–Crippen MR) is 92.7 cm³/mol. The van der Waals surface area contributed by atoms with Gasteiger partial charge in [0.2, 0.25) is 5.91 Å². The molecule has 0 aromatic heterocycles. The third-order valence-electron chi connectivity index (χ3n) is 5.17. The van der Waals surface area contributed by atoms with Crippen LogP contribution in [0.25, 0.3) is 0 Å². The van der Waals surface area contributed by atoms with Crippen LogP contribution in [0.2, 0.25) is 0 Å². The Kier molecular flexibility index (Phi) is 5.38. The molecule has 2 N–H and O–H groups in total. The summed E-state index contributed by atoms with van der Waals surface area (Å²) < 4.78 is 0. The Hall–Kier alpha value is -2.04. The molecule has 5 heteroatoms. The van der Waals surface area contributed by atoms with Crippen LogP contribution in [-0.4, -0.2) is 34.5 Å². The van der Waals surface area contributed by atoms with Gasteiger partial charge in [-0.3, -0.25) is 9.59 Å². The van der Waals surface area contributed by atoms with Gasteiger partial charge in [0, 0.05) is 31.2 Å². The van der Waals surface area contributed by atoms with Crippen LogP contribution in [0, 0.1) is 5.92 Å². The van der Waals surface area contributed by atoms with Crippen LogP contribution < -0.4 is 5.32 Å². The summed E-state index contributed by atoms with van der Waals surface area (Å²) in [6, 6.07) is 8.59. The minimum Gasteiger partial charge on any atom is -0.481 e. The van der Waals surface area contributed by atoms with Crippen molar-refractivity contribution in [2.75, 3.05) is 11.9 Å². The van der Waals surface area contributed by atoms with Crippen LogP contribution in [0.4, 0.5) is 5.69 Å². The fraction of sp³-hybridized carbons (Fsp3) is 0.579. The average Bonchev–Trinajstić information content (AvgIpc) is 2.58. The lowest BCUT2D eigenvalue weighted by Gasteiger charge is -2.28. The van der Waals surface area contributed by atoms with E-state index in [1.54, 1.807) is 0 Å². The summed E-state index contributed by atoms with van der Waals surface area (Å²) in [6.07, 6.45) is 6.05. The van der Waals surface area contributed by atoms with Crippen molar-refractivity contribution in [2.24, 2.45) is 5.92 Å². The molecule has 2 fully saturated rings. The number of rotatable bonds is 5. The molecular weight excluding hydrogens is 304 g/mol. The number of carbonyl (C=O) groups is 2. The zero-order valence-electron chi connectivity index (χ0n) is 14.0. The Balaban J connectivity index is 1.55. The first-order valence-corrected chi connectivity index (χ1v) is 8.98. The fourth-order valence-electron chi connectivity index (χ4n) is 3.73. The molecule has 130 valence electrons. The zero-order valence-corrected chi connectivity index (χ0v) is 14.0. The molecule has 24 heavy (non-hydrogen) atoms. The van der Waals surface area contributed by atoms with E-state index in [0.29, 0.717) is 19.0 Å². The van der Waals surface area contributed by atoms with Gasteiger partial charge in [-0.05, 0) is 56.2 Å². The maximum absolute atomic E-state index is 11.9. The van der Waals surface area contributed by atoms with Crippen LogP contribution in [0.3, 0.4) is 0 Å². The first kappa shape index (κ1) is 16.8. The molecule has 1 saturated heterocycles. The van der Waals surface area contributed by atoms with Gasteiger partial charge < -0.3 is 15.3 Å². The van der Waals surface area contributed by atoms with E-state index in [9.17, 15) is 9.59 Å². The van der Waals surface area contributed by atoms with E-state index >= 15 is 0 Å². The Bertz CT molecular complexity index is 594. The number of carboxylic acids is 1. The normalized spacial score (nSPS) is 24.7. The number of hydrogen-bond donors (Lipinski definition) is 2. The summed E-state index contributed by atoms with van der Waals surface area (Å²) in [7, 11) is 0. The van der Waals surface area contributed by atoms with Crippen molar-refractivity contribution in [1.82, 2.24) is 4.90 Å². The van der Waals surface area contributed by atoms with Gasteiger partial charge in [0.1, 0.15) is 0 Å². The highest BCUT2D eigenvalue weighted by Gasteiger charge is 2.25. The number of amides is 1. The van der Waals surface area contributed by atoms with Crippen LogP contribution in [0.15, 0.2) is 24.3 Å². The molecule has 1 aromatic carbocycles. The number of hydrogen-bond acceptors (Lipinski definition) is 3. The second-order valence-corrected chi connectivity index (χ2v) is 7.00. The molecule has 0 unspecified atom stereocenters. The van der Waals surface area contributed by atoms with Crippen molar-refractivity contribution in [3.63, 3.8) is 0 Å². The van der Waals surface area contributed by atoms with Gasteiger partial charge >= 0.3 is 5.97 Å². The van der Waals surface area contributed by atoms with E-state index in [-0.39, 0.29) is 11.8 Å². The molecule has 1 aromatic rings. The van der Waals surface area contributed by atoms with Crippen molar-refractivity contribution in [2.45, 2.75) is 57.5 Å². The number of anilines is 1. The molecular formula is C19H26N2O3. The smallest absolute Gasteiger partial charge is 0.306 e. The van der Waals surface area contributed by atoms with Crippen LogP contribution >= 0.6 is 0 Å². The lowest BCUT2D eigenvalue weighted by molar-refractivity contribution is -0.142. The zero-order chi connectivity index (χ0) is 16.9. The first-order valence-electron chi connectivity index (χ1n) is 8.98. The maximum atomic E-state index is 11.9. The average molecular weight is 330 g/mol. The van der Waals surface area contributed by atoms with Gasteiger partial charge in [0.25, 0.3) is 0 Å². The van der Waals surface area contributed by atoms with Crippen LogP contribution in [-0.2, 0) is 16.1 Å². The van der Waals surface area contributed by atoms with Crippen molar-refractivity contribution >= 4 is 17.6 Å². The monoisotopic (exact) mass is 330 g/mol. The number of piperidine rings is 1. The minimum atomic E-state index is -0.665. The maximum Gasteiger partial charge on any atom is 0.306 e. The van der Waals surface area contributed by atoms with E-state index in [4.69, 9.17) is 5.11 Å². The second-order valence-electron chi connectivity index (χ2n) is 7.00. The summed E-state index contributed by atoms with van der Waals surface area (Å²) in [5.74, 6) is -0.590. The quantitative estimate of drug-likeness (QED) is 0.869. The topological polar surface area (TPSA) is 69.6 Å². The molecule has 1 aliphatic carbocycles. The van der Waals surface area contributed by atoms with E-state index in [2.05, 4.69) is 17.4 Å². The molecule has 2 aliphatic rings. The highest BCUT2D eigenvalue weighted by atomic mass is 16.4. The Morgan fingerprint density at radius 3 is 2.71 bits per heavy atom. The molecule has 1 heterocycles. The van der Waals surface area contributed by atoms with Crippen molar-refractivity contribution < 1.29 is 14.7 Å². The highest BCUT2D eigenvalue weighted by Crippen LogP contribution is 2.27. The third kappa shape index (κ3) is 4.28. The largest absolute Gasteiger partial charge is 0.481 e. The molecule has 1 saturated carbocycles. The number of carbonyl (C=O) groups excluding carboxylic acids is 1. The van der Waals surface area contributed by atoms with Crippen molar-refractivity contribution in [3.8, 4) is 0 Å². The lowest BCUT2D eigenvalue weighted by Crippen LogP contribution is -2.34. The molecule has 0 radical (unpaired) electrons. The van der Waals surface area contributed by atoms with Gasteiger partial charge in [0.15, 0.2) is 0 Å². The Labute approximate surface area is 143 Å². The Morgan fingerprint density at radius 2 is 2.00 bits per heavy atom. The van der Waals surface area contributed by atoms with Crippen LogP contribution in [0.5, 0.6) is 0 Å². The number of aliphatic carboxylic acids is 1. The summed E-state index contributed by atoms with van der Waals surface area (Å²) in [4.78, 5) is 24.9. The Morgan fingerprint density at radius 1 is 1.21 bits per heavy atom. The molecule has 0 atom stereocenters. The van der Waals surface area contributed by atoms with Crippen molar-refractivity contribution in [3.05, 3.63) is 29.8 Å². The summed E-state index contributed by atoms with van der Waals surface area (Å²) in [5, 5.41) is 12.6. The first-order chi connectivity index (χ1) is 11.6. The predicted octanol–water partition coefficient (Wildman–Crippen LogP) is 3.25. The SMILES string of the molecule is O=C(O)C1CCC(Nc2cccc(CN3CCCCC3=O)c2)CC1. The molecule has 0 spiro atoms. The molecule has 1 aliphatic heterocycles. The van der Waals surface area contributed by atoms with E-state index < -0.39 is 5.97 Å². The number of benzene rings is 1. The highest BCUT2D eigenvalue weighted by molar-refractivity contribution is 5.76. The molecule has 1 amide bonds. The molecule has 0 bridgehead atoms. The van der Waals surface area contributed by atoms with Gasteiger partial charge in [-0.1, -0.05) is 12.1 Å². The minimum absolute atomic E-state index is 0.181. The summed E-state index contributed by atoms with van der Waals surface area (Å²) in [6.45, 7) is 1.54. The fourth-order valence-corrected chi connectivity index (χ4v) is 3.73. The lowest BCUT2D eigenvalue weighted by atomic mass is 9.86. The standard InChI is InChI=1S/C19H26N2O3/c22-18-6-1-2-11-21(18)13-14-4-3-5-17(12-14)20-16-9-7-15(8-10-16)19(23)24/h3-5,12,15-16,20H,1-2,6-11,13H2,(H,23,24). The van der Waals surface area contributed by atoms with Crippen LogP contribution in [0.1, 0.15) is 50.5 Å². The number of nitrogens with zero attached hydrogens (tertiary/aromatic N) is 1. The van der Waals surface area contributed by atoms with Crippen molar-refractivity contribution in [1.29, 1.82) is 0 Å². The summed E-state index contributed by atoms with van der Waals surface area (Å²) >= 11 is 0. The molecule has 5 nitrogen and oxygen atoms in total. The van der Waals surface area contributed by atoms with E-state index in [1.807, 2.05) is 17.0 Å². The number of likely N-dealkylation sites (tertiary alicyclic amines) is 1. The second kappa shape index (κ2) is 7.69. The van der Waals surface area contributed by atoms with Gasteiger partial charge in [-0.2, -0.15) is 0 Å². The summed E-state index contributed by atoms with van der Waals surface area (Å²) in [5.41, 5.74) is 2.21. The van der Waals surface area contributed by atoms with Gasteiger partial charge in [0.05, 0.1) is 5.92 Å². The third-order valence-corrected chi connectivity index (χ3v) is 5.17. The number of nitrogens with one attached hydrogen (secondary N) is 1. The molecule has 3 rings (SSSR count). The van der Waals surface area contributed by atoms with E-state index in [0.717, 1.165) is 56.3 Å². The van der Waals surface area contributed by atoms with E-state index in [1.165, 1.54) is 0 Å². The number of carboxylic acid groups (broad SMARTS) is 1. The van der Waals surface area contributed by atoms with Gasteiger partial charge in [-0.15, -0.1) is 0 Å². The van der Waals surface area contributed by atoms with Gasteiger partial charge in [-0.25, -0.2) is 0 Å².